The molecule has 0 saturated carbocycles. The number of fused-ring (bicyclic) bond motifs is 1. The van der Waals surface area contributed by atoms with Gasteiger partial charge in [-0.1, -0.05) is 6.07 Å². The van der Waals surface area contributed by atoms with Crippen molar-refractivity contribution in [3.8, 4) is 0 Å². The first-order chi connectivity index (χ1) is 7.22. The quantitative estimate of drug-likeness (QED) is 0.590. The van der Waals surface area contributed by atoms with Crippen molar-refractivity contribution >= 4 is 11.4 Å². The van der Waals surface area contributed by atoms with Gasteiger partial charge in [-0.05, 0) is 12.0 Å². The Morgan fingerprint density at radius 3 is 3.00 bits per heavy atom. The first-order valence-corrected chi connectivity index (χ1v) is 4.94. The fourth-order valence-electron chi connectivity index (χ4n) is 1.94. The van der Waals surface area contributed by atoms with Crippen LogP contribution in [0, 0.1) is 10.1 Å². The molecule has 15 heavy (non-hydrogen) atoms. The minimum atomic E-state index is -0.362. The number of benzene rings is 1. The molecular weight excluding hydrogens is 194 g/mol. The lowest BCUT2D eigenvalue weighted by molar-refractivity contribution is -0.384. The van der Waals surface area contributed by atoms with Gasteiger partial charge in [0.15, 0.2) is 0 Å². The van der Waals surface area contributed by atoms with Crippen molar-refractivity contribution in [2.75, 3.05) is 24.5 Å². The highest BCUT2D eigenvalue weighted by Gasteiger charge is 2.20. The van der Waals surface area contributed by atoms with Gasteiger partial charge in [0.2, 0.25) is 0 Å². The minimum absolute atomic E-state index is 0.151. The molecule has 0 aliphatic carbocycles. The molecule has 80 valence electrons. The van der Waals surface area contributed by atoms with Crippen LogP contribution in [0.1, 0.15) is 5.56 Å². The lowest BCUT2D eigenvalue weighted by Gasteiger charge is -2.17. The maximum absolute atomic E-state index is 10.6. The molecule has 1 heterocycles. The maximum atomic E-state index is 10.6. The number of nitro groups is 1. The van der Waals surface area contributed by atoms with Crippen LogP contribution in [-0.4, -0.2) is 24.6 Å². The molecule has 1 aliphatic rings. The van der Waals surface area contributed by atoms with Crippen LogP contribution in [0.3, 0.4) is 0 Å². The smallest absolute Gasteiger partial charge is 0.271 e. The molecule has 0 unspecified atom stereocenters. The topological polar surface area (TPSA) is 72.4 Å². The van der Waals surface area contributed by atoms with E-state index in [1.165, 1.54) is 5.56 Å². The second-order valence-corrected chi connectivity index (χ2v) is 3.60. The summed E-state index contributed by atoms with van der Waals surface area (Å²) in [7, 11) is 0. The standard InChI is InChI=1S/C10H13N3O2/c11-4-6-12-5-3-8-1-2-9(13(14)15)7-10(8)12/h1-2,7H,3-6,11H2. The Bertz CT molecular complexity index is 390. The summed E-state index contributed by atoms with van der Waals surface area (Å²) in [4.78, 5) is 12.4. The molecule has 2 rings (SSSR count). The van der Waals surface area contributed by atoms with E-state index in [9.17, 15) is 10.1 Å². The van der Waals surface area contributed by atoms with E-state index in [1.807, 2.05) is 6.07 Å². The van der Waals surface area contributed by atoms with E-state index >= 15 is 0 Å². The van der Waals surface area contributed by atoms with Gasteiger partial charge in [0.05, 0.1) is 4.92 Å². The lowest BCUT2D eigenvalue weighted by Crippen LogP contribution is -2.27. The zero-order valence-electron chi connectivity index (χ0n) is 8.35. The van der Waals surface area contributed by atoms with Gasteiger partial charge in [-0.2, -0.15) is 0 Å². The summed E-state index contributed by atoms with van der Waals surface area (Å²) in [5, 5.41) is 10.6. The first-order valence-electron chi connectivity index (χ1n) is 4.94. The Balaban J connectivity index is 2.33. The second kappa shape index (κ2) is 3.86. The summed E-state index contributed by atoms with van der Waals surface area (Å²) in [5.74, 6) is 0. The zero-order valence-corrected chi connectivity index (χ0v) is 8.35. The van der Waals surface area contributed by atoms with Crippen molar-refractivity contribution in [2.24, 2.45) is 5.73 Å². The van der Waals surface area contributed by atoms with Crippen molar-refractivity contribution < 1.29 is 4.92 Å². The molecule has 1 aromatic carbocycles. The van der Waals surface area contributed by atoms with Gasteiger partial charge in [0.1, 0.15) is 0 Å². The fourth-order valence-corrected chi connectivity index (χ4v) is 1.94. The van der Waals surface area contributed by atoms with Crippen molar-refractivity contribution in [2.45, 2.75) is 6.42 Å². The monoisotopic (exact) mass is 207 g/mol. The highest BCUT2D eigenvalue weighted by Crippen LogP contribution is 2.31. The van der Waals surface area contributed by atoms with Crippen molar-refractivity contribution in [1.29, 1.82) is 0 Å². The van der Waals surface area contributed by atoms with Gasteiger partial charge in [-0.15, -0.1) is 0 Å². The Labute approximate surface area is 87.6 Å². The molecule has 1 aromatic rings. The van der Waals surface area contributed by atoms with Crippen molar-refractivity contribution in [1.82, 2.24) is 0 Å². The Kier molecular flexibility index (Phi) is 2.55. The third-order valence-electron chi connectivity index (χ3n) is 2.67. The van der Waals surface area contributed by atoms with E-state index in [1.54, 1.807) is 12.1 Å². The number of nitrogens with zero attached hydrogens (tertiary/aromatic N) is 2. The average Bonchev–Trinajstić information content (AvgIpc) is 2.61. The van der Waals surface area contributed by atoms with Crippen LogP contribution in [0.4, 0.5) is 11.4 Å². The summed E-state index contributed by atoms with van der Waals surface area (Å²) >= 11 is 0. The van der Waals surface area contributed by atoms with Gasteiger partial charge < -0.3 is 10.6 Å². The number of non-ortho nitro benzene ring substituents is 1. The number of hydrogen-bond donors (Lipinski definition) is 1. The van der Waals surface area contributed by atoms with Crippen LogP contribution < -0.4 is 10.6 Å². The molecule has 1 aliphatic heterocycles. The zero-order chi connectivity index (χ0) is 10.8. The van der Waals surface area contributed by atoms with Crippen LogP contribution in [-0.2, 0) is 6.42 Å². The molecule has 0 amide bonds. The summed E-state index contributed by atoms with van der Waals surface area (Å²) in [6.45, 7) is 2.24. The summed E-state index contributed by atoms with van der Waals surface area (Å²) in [6.07, 6.45) is 0.952. The number of hydrogen-bond acceptors (Lipinski definition) is 4. The first kappa shape index (κ1) is 9.92. The molecule has 0 aromatic heterocycles. The fraction of sp³-hybridized carbons (Fsp3) is 0.400. The van der Waals surface area contributed by atoms with E-state index in [4.69, 9.17) is 5.73 Å². The molecule has 0 spiro atoms. The van der Waals surface area contributed by atoms with Gasteiger partial charge in [0.25, 0.3) is 5.69 Å². The van der Waals surface area contributed by atoms with Crippen LogP contribution in [0.5, 0.6) is 0 Å². The van der Waals surface area contributed by atoms with E-state index < -0.39 is 0 Å². The van der Waals surface area contributed by atoms with Crippen molar-refractivity contribution in [3.63, 3.8) is 0 Å². The maximum Gasteiger partial charge on any atom is 0.271 e. The van der Waals surface area contributed by atoms with E-state index in [0.717, 1.165) is 25.2 Å². The second-order valence-electron chi connectivity index (χ2n) is 3.60. The molecule has 0 saturated heterocycles. The lowest BCUT2D eigenvalue weighted by atomic mass is 10.1. The predicted molar refractivity (Wildman–Crippen MR) is 58.1 cm³/mol. The number of nitrogens with two attached hydrogens (primary N) is 1. The predicted octanol–water partition coefficient (Wildman–Crippen LogP) is 0.916. The molecular formula is C10H13N3O2. The Hall–Kier alpha value is -1.62. The normalized spacial score (nSPS) is 14.1. The van der Waals surface area contributed by atoms with Crippen LogP contribution in [0.15, 0.2) is 18.2 Å². The van der Waals surface area contributed by atoms with Gasteiger partial charge in [0, 0.05) is 37.5 Å². The molecule has 0 atom stereocenters. The largest absolute Gasteiger partial charge is 0.370 e. The van der Waals surface area contributed by atoms with Crippen LogP contribution in [0.2, 0.25) is 0 Å². The van der Waals surface area contributed by atoms with Gasteiger partial charge in [-0.3, -0.25) is 10.1 Å². The van der Waals surface area contributed by atoms with E-state index in [-0.39, 0.29) is 10.6 Å². The molecule has 0 bridgehead atoms. The molecule has 0 radical (unpaired) electrons. The molecule has 5 nitrogen and oxygen atoms in total. The summed E-state index contributed by atoms with van der Waals surface area (Å²) in [5.41, 5.74) is 7.78. The average molecular weight is 207 g/mol. The number of anilines is 1. The Morgan fingerprint density at radius 2 is 2.33 bits per heavy atom. The third-order valence-corrected chi connectivity index (χ3v) is 2.67. The highest BCUT2D eigenvalue weighted by atomic mass is 16.6. The van der Waals surface area contributed by atoms with E-state index in [2.05, 4.69) is 4.90 Å². The van der Waals surface area contributed by atoms with Crippen LogP contribution >= 0.6 is 0 Å². The van der Waals surface area contributed by atoms with Crippen molar-refractivity contribution in [3.05, 3.63) is 33.9 Å². The molecule has 0 fully saturated rings. The number of nitro benzene ring substituents is 1. The van der Waals surface area contributed by atoms with Crippen LogP contribution in [0.25, 0.3) is 0 Å². The van der Waals surface area contributed by atoms with Gasteiger partial charge in [-0.25, -0.2) is 0 Å². The molecule has 2 N–H and O–H groups in total. The summed E-state index contributed by atoms with van der Waals surface area (Å²) < 4.78 is 0. The van der Waals surface area contributed by atoms with E-state index in [0.29, 0.717) is 6.54 Å². The Morgan fingerprint density at radius 1 is 1.53 bits per heavy atom. The minimum Gasteiger partial charge on any atom is -0.370 e. The summed E-state index contributed by atoms with van der Waals surface area (Å²) in [6, 6.07) is 5.03. The van der Waals surface area contributed by atoms with Gasteiger partial charge >= 0.3 is 0 Å². The SMILES string of the molecule is NCCN1CCc2ccc([N+](=O)[O-])cc21. The third kappa shape index (κ3) is 1.78. The number of rotatable bonds is 3. The highest BCUT2D eigenvalue weighted by molar-refractivity contribution is 5.62. The molecule has 5 heteroatoms.